The van der Waals surface area contributed by atoms with E-state index >= 15 is 0 Å². The third-order valence-corrected chi connectivity index (χ3v) is 5.46. The van der Waals surface area contributed by atoms with Crippen LogP contribution in [0.3, 0.4) is 0 Å². The maximum Gasteiger partial charge on any atom is 0.268 e. The van der Waals surface area contributed by atoms with Crippen molar-refractivity contribution in [1.82, 2.24) is 19.0 Å². The highest BCUT2D eigenvalue weighted by molar-refractivity contribution is 7.88. The van der Waals surface area contributed by atoms with Gasteiger partial charge in [-0.25, -0.2) is 13.1 Å². The molecule has 21 heavy (non-hydrogen) atoms. The molecule has 2 heterocycles. The molecule has 0 radical (unpaired) electrons. The summed E-state index contributed by atoms with van der Waals surface area (Å²) < 4.78 is 25.9. The van der Waals surface area contributed by atoms with Gasteiger partial charge in [-0.2, -0.15) is 9.40 Å². The van der Waals surface area contributed by atoms with Gasteiger partial charge in [-0.05, 0) is 24.8 Å². The number of nitrogens with zero attached hydrogens (tertiary/aromatic N) is 4. The van der Waals surface area contributed by atoms with E-state index in [1.807, 2.05) is 0 Å². The topological polar surface area (TPSA) is 75.5 Å². The zero-order valence-corrected chi connectivity index (χ0v) is 13.0. The van der Waals surface area contributed by atoms with Gasteiger partial charge in [0, 0.05) is 32.2 Å². The summed E-state index contributed by atoms with van der Waals surface area (Å²) in [6.45, 7) is 2.62. The summed E-state index contributed by atoms with van der Waals surface area (Å²) in [6, 6.07) is 1.70. The van der Waals surface area contributed by atoms with Crippen LogP contribution in [0.2, 0.25) is 0 Å². The Bertz CT molecular complexity index is 690. The van der Waals surface area contributed by atoms with Gasteiger partial charge >= 0.3 is 0 Å². The minimum absolute atomic E-state index is 0.0683. The molecular weight excluding hydrogens is 292 g/mol. The van der Waals surface area contributed by atoms with Crippen LogP contribution in [-0.4, -0.2) is 59.8 Å². The van der Waals surface area contributed by atoms with Crippen molar-refractivity contribution >= 4 is 10.0 Å². The van der Waals surface area contributed by atoms with Gasteiger partial charge in [-0.3, -0.25) is 9.69 Å². The average Bonchev–Trinajstić information content (AvgIpc) is 2.86. The zero-order valence-electron chi connectivity index (χ0n) is 12.2. The third-order valence-electron chi connectivity index (χ3n) is 4.16. The SMILES string of the molecule is CS(=O)(=O)N1CCN(Cn2nc3c(cc2=O)CCC3)CC1. The molecule has 0 aromatic carbocycles. The number of hydrogen-bond acceptors (Lipinski definition) is 5. The second kappa shape index (κ2) is 5.51. The highest BCUT2D eigenvalue weighted by Gasteiger charge is 2.24. The zero-order chi connectivity index (χ0) is 15.0. The van der Waals surface area contributed by atoms with Gasteiger partial charge in [0.1, 0.15) is 0 Å². The number of aromatic nitrogens is 2. The van der Waals surface area contributed by atoms with Crippen molar-refractivity contribution in [2.75, 3.05) is 32.4 Å². The van der Waals surface area contributed by atoms with Crippen molar-refractivity contribution in [2.45, 2.75) is 25.9 Å². The first-order valence-corrected chi connectivity index (χ1v) is 9.06. The molecule has 0 unspecified atom stereocenters. The quantitative estimate of drug-likeness (QED) is 0.735. The molecule has 0 atom stereocenters. The molecule has 0 saturated carbocycles. The van der Waals surface area contributed by atoms with Crippen LogP contribution in [0, 0.1) is 0 Å². The smallest absolute Gasteiger partial charge is 0.268 e. The lowest BCUT2D eigenvalue weighted by Gasteiger charge is -2.33. The first-order chi connectivity index (χ1) is 9.93. The van der Waals surface area contributed by atoms with E-state index in [1.54, 1.807) is 6.07 Å². The molecule has 0 bridgehead atoms. The van der Waals surface area contributed by atoms with Gasteiger partial charge in [0.05, 0.1) is 18.6 Å². The second-order valence-corrected chi connectivity index (χ2v) is 7.71. The van der Waals surface area contributed by atoms with Crippen LogP contribution in [0.4, 0.5) is 0 Å². The minimum Gasteiger partial charge on any atom is -0.282 e. The molecule has 0 amide bonds. The first-order valence-electron chi connectivity index (χ1n) is 7.21. The van der Waals surface area contributed by atoms with E-state index in [2.05, 4.69) is 10.00 Å². The van der Waals surface area contributed by atoms with Crippen LogP contribution >= 0.6 is 0 Å². The molecule has 1 aliphatic heterocycles. The lowest BCUT2D eigenvalue weighted by Crippen LogP contribution is -2.49. The molecule has 1 fully saturated rings. The normalized spacial score (nSPS) is 20.6. The van der Waals surface area contributed by atoms with Crippen LogP contribution < -0.4 is 5.56 Å². The number of aryl methyl sites for hydroxylation is 2. The molecule has 3 rings (SSSR count). The minimum atomic E-state index is -3.12. The molecule has 1 saturated heterocycles. The van der Waals surface area contributed by atoms with Crippen LogP contribution in [0.25, 0.3) is 0 Å². The molecule has 2 aliphatic rings. The predicted molar refractivity (Wildman–Crippen MR) is 78.5 cm³/mol. The maximum atomic E-state index is 12.0. The summed E-state index contributed by atoms with van der Waals surface area (Å²) >= 11 is 0. The van der Waals surface area contributed by atoms with Gasteiger partial charge in [-0.15, -0.1) is 0 Å². The molecule has 8 heteroatoms. The molecule has 1 aliphatic carbocycles. The van der Waals surface area contributed by atoms with Gasteiger partial charge in [-0.1, -0.05) is 0 Å². The standard InChI is InChI=1S/C13H20N4O3S/c1-21(19,20)16-7-5-15(6-8-16)10-17-13(18)9-11-3-2-4-12(11)14-17/h9H,2-8,10H2,1H3. The van der Waals surface area contributed by atoms with E-state index in [1.165, 1.54) is 15.2 Å². The Morgan fingerprint density at radius 2 is 1.90 bits per heavy atom. The highest BCUT2D eigenvalue weighted by Crippen LogP contribution is 2.17. The Labute approximate surface area is 124 Å². The fourth-order valence-electron chi connectivity index (χ4n) is 2.93. The lowest BCUT2D eigenvalue weighted by molar-refractivity contribution is 0.143. The van der Waals surface area contributed by atoms with Crippen molar-refractivity contribution in [3.63, 3.8) is 0 Å². The molecule has 0 spiro atoms. The van der Waals surface area contributed by atoms with Gasteiger partial charge in [0.25, 0.3) is 5.56 Å². The molecule has 0 N–H and O–H groups in total. The van der Waals surface area contributed by atoms with Crippen LogP contribution in [0.1, 0.15) is 17.7 Å². The molecule has 7 nitrogen and oxygen atoms in total. The Balaban J connectivity index is 1.68. The summed E-state index contributed by atoms with van der Waals surface area (Å²) in [5, 5.41) is 4.45. The molecule has 116 valence electrons. The number of fused-ring (bicyclic) bond motifs is 1. The summed E-state index contributed by atoms with van der Waals surface area (Å²) in [7, 11) is -3.12. The first kappa shape index (κ1) is 14.7. The lowest BCUT2D eigenvalue weighted by atomic mass is 10.2. The summed E-state index contributed by atoms with van der Waals surface area (Å²) in [5.41, 5.74) is 2.05. The number of rotatable bonds is 3. The van der Waals surface area contributed by atoms with E-state index in [-0.39, 0.29) is 5.56 Å². The maximum absolute atomic E-state index is 12.0. The molecule has 1 aromatic rings. The van der Waals surface area contributed by atoms with Crippen molar-refractivity contribution in [2.24, 2.45) is 0 Å². The Morgan fingerprint density at radius 1 is 1.19 bits per heavy atom. The molecular formula is C13H20N4O3S. The van der Waals surface area contributed by atoms with Crippen molar-refractivity contribution < 1.29 is 8.42 Å². The largest absolute Gasteiger partial charge is 0.282 e. The van der Waals surface area contributed by atoms with E-state index in [0.29, 0.717) is 32.8 Å². The van der Waals surface area contributed by atoms with Crippen molar-refractivity contribution in [3.8, 4) is 0 Å². The summed E-state index contributed by atoms with van der Waals surface area (Å²) in [4.78, 5) is 14.1. The monoisotopic (exact) mass is 312 g/mol. The fraction of sp³-hybridized carbons (Fsp3) is 0.692. The van der Waals surface area contributed by atoms with Crippen molar-refractivity contribution in [1.29, 1.82) is 0 Å². The van der Waals surface area contributed by atoms with Crippen LogP contribution in [0.15, 0.2) is 10.9 Å². The summed E-state index contributed by atoms with van der Waals surface area (Å²) in [5.74, 6) is 0. The second-order valence-electron chi connectivity index (χ2n) is 5.73. The van der Waals surface area contributed by atoms with E-state index in [9.17, 15) is 13.2 Å². The third kappa shape index (κ3) is 3.17. The number of sulfonamides is 1. The van der Waals surface area contributed by atoms with E-state index in [0.717, 1.165) is 30.5 Å². The Kier molecular flexibility index (Phi) is 3.85. The number of piperazine rings is 1. The average molecular weight is 312 g/mol. The summed E-state index contributed by atoms with van der Waals surface area (Å²) in [6.07, 6.45) is 4.19. The van der Waals surface area contributed by atoms with Crippen molar-refractivity contribution in [3.05, 3.63) is 27.7 Å². The Hall–Kier alpha value is -1.25. The highest BCUT2D eigenvalue weighted by atomic mass is 32.2. The number of hydrogen-bond donors (Lipinski definition) is 0. The van der Waals surface area contributed by atoms with Crippen LogP contribution in [0.5, 0.6) is 0 Å². The van der Waals surface area contributed by atoms with Gasteiger partial charge < -0.3 is 0 Å². The Morgan fingerprint density at radius 3 is 2.57 bits per heavy atom. The van der Waals surface area contributed by atoms with E-state index in [4.69, 9.17) is 0 Å². The molecule has 1 aromatic heterocycles. The van der Waals surface area contributed by atoms with Gasteiger partial charge in [0.2, 0.25) is 10.0 Å². The van der Waals surface area contributed by atoms with E-state index < -0.39 is 10.0 Å². The van der Waals surface area contributed by atoms with Crippen LogP contribution in [-0.2, 0) is 29.5 Å². The fourth-order valence-corrected chi connectivity index (χ4v) is 3.76. The van der Waals surface area contributed by atoms with Gasteiger partial charge in [0.15, 0.2) is 0 Å². The predicted octanol–water partition coefficient (Wildman–Crippen LogP) is -0.733.